The first-order valence-corrected chi connectivity index (χ1v) is 11.0. The van der Waals surface area contributed by atoms with E-state index >= 15 is 0 Å². The highest BCUT2D eigenvalue weighted by molar-refractivity contribution is 5.97. The number of hydrogen-bond acceptors (Lipinski definition) is 7. The van der Waals surface area contributed by atoms with E-state index in [4.69, 9.17) is 14.0 Å². The molecule has 2 aliphatic heterocycles. The smallest absolute Gasteiger partial charge is 0.276 e. The van der Waals surface area contributed by atoms with Crippen molar-refractivity contribution >= 4 is 11.8 Å². The summed E-state index contributed by atoms with van der Waals surface area (Å²) in [5.74, 6) is 1.38. The zero-order chi connectivity index (χ0) is 22.7. The number of carbonyl (C=O) groups excluding carboxylic acids is 2. The van der Waals surface area contributed by atoms with E-state index in [1.165, 1.54) is 0 Å². The first-order chi connectivity index (χ1) is 15.5. The minimum absolute atomic E-state index is 0.0318. The Kier molecular flexibility index (Phi) is 6.64. The van der Waals surface area contributed by atoms with Crippen molar-refractivity contribution in [3.05, 3.63) is 30.0 Å². The van der Waals surface area contributed by atoms with Gasteiger partial charge in [0.1, 0.15) is 17.5 Å². The number of hydrogen-bond donors (Lipinski definition) is 0. The van der Waals surface area contributed by atoms with Gasteiger partial charge in [-0.2, -0.15) is 0 Å². The zero-order valence-corrected chi connectivity index (χ0v) is 18.9. The number of likely N-dealkylation sites (tertiary alicyclic amines) is 1. The average Bonchev–Trinajstić information content (AvgIpc) is 3.33. The van der Waals surface area contributed by atoms with Gasteiger partial charge in [-0.05, 0) is 44.5 Å². The summed E-state index contributed by atoms with van der Waals surface area (Å²) in [5.41, 5.74) is 0.824. The molecule has 2 amide bonds. The van der Waals surface area contributed by atoms with Crippen LogP contribution < -0.4 is 9.47 Å². The maximum atomic E-state index is 13.3. The summed E-state index contributed by atoms with van der Waals surface area (Å²) < 4.78 is 16.2. The van der Waals surface area contributed by atoms with E-state index in [9.17, 15) is 9.59 Å². The number of aromatic nitrogens is 1. The molecule has 1 aromatic heterocycles. The van der Waals surface area contributed by atoms with Crippen LogP contribution in [0.2, 0.25) is 0 Å². The molecule has 0 saturated carbocycles. The molecule has 2 aromatic rings. The number of nitrogens with zero attached hydrogens (tertiary/aromatic N) is 4. The van der Waals surface area contributed by atoms with Gasteiger partial charge in [-0.3, -0.25) is 9.59 Å². The quantitative estimate of drug-likeness (QED) is 0.701. The third-order valence-electron chi connectivity index (χ3n) is 6.27. The van der Waals surface area contributed by atoms with Crippen LogP contribution in [0.1, 0.15) is 29.8 Å². The van der Waals surface area contributed by atoms with Crippen molar-refractivity contribution in [2.24, 2.45) is 0 Å². The fraction of sp³-hybridized carbons (Fsp3) is 0.522. The minimum Gasteiger partial charge on any atom is -0.497 e. The maximum Gasteiger partial charge on any atom is 0.276 e. The van der Waals surface area contributed by atoms with Gasteiger partial charge >= 0.3 is 0 Å². The number of amides is 2. The molecule has 4 rings (SSSR count). The molecule has 0 radical (unpaired) electrons. The third-order valence-corrected chi connectivity index (χ3v) is 6.27. The van der Waals surface area contributed by atoms with Gasteiger partial charge in [-0.25, -0.2) is 0 Å². The monoisotopic (exact) mass is 442 g/mol. The predicted molar refractivity (Wildman–Crippen MR) is 118 cm³/mol. The molecule has 0 aliphatic carbocycles. The van der Waals surface area contributed by atoms with Gasteiger partial charge in [0.05, 0.1) is 19.8 Å². The standard InChI is InChI=1S/C23H30N4O5/c1-25-10-12-26(13-11-25)23(29)19-6-4-5-9-27(19)22(28)18-15-21(32-24-18)17-14-16(30-2)7-8-20(17)31-3/h7-8,14-15,19H,4-6,9-13H2,1-3H3/t19-/m1/s1. The van der Waals surface area contributed by atoms with Crippen molar-refractivity contribution in [2.45, 2.75) is 25.3 Å². The van der Waals surface area contributed by atoms with Crippen LogP contribution in [0.3, 0.4) is 0 Å². The molecule has 9 heteroatoms. The van der Waals surface area contributed by atoms with Crippen LogP contribution in [0.4, 0.5) is 0 Å². The molecule has 32 heavy (non-hydrogen) atoms. The van der Waals surface area contributed by atoms with E-state index in [1.54, 1.807) is 43.4 Å². The molecule has 1 atom stereocenters. The number of rotatable bonds is 5. The van der Waals surface area contributed by atoms with Crippen LogP contribution in [0.5, 0.6) is 11.5 Å². The lowest BCUT2D eigenvalue weighted by Gasteiger charge is -2.39. The van der Waals surface area contributed by atoms with Gasteiger partial charge < -0.3 is 28.7 Å². The Labute approximate surface area is 187 Å². The second-order valence-electron chi connectivity index (χ2n) is 8.28. The normalized spacial score (nSPS) is 19.7. The van der Waals surface area contributed by atoms with Crippen LogP contribution >= 0.6 is 0 Å². The van der Waals surface area contributed by atoms with Gasteiger partial charge in [0.2, 0.25) is 5.91 Å². The Morgan fingerprint density at radius 3 is 2.53 bits per heavy atom. The zero-order valence-electron chi connectivity index (χ0n) is 18.9. The summed E-state index contributed by atoms with van der Waals surface area (Å²) in [6.45, 7) is 3.62. The number of piperazine rings is 1. The Hall–Kier alpha value is -3.07. The number of ether oxygens (including phenoxy) is 2. The van der Waals surface area contributed by atoms with Crippen LogP contribution in [0, 0.1) is 0 Å². The van der Waals surface area contributed by atoms with E-state index in [0.29, 0.717) is 48.9 Å². The number of benzene rings is 1. The first kappa shape index (κ1) is 22.1. The molecular formula is C23H30N4O5. The van der Waals surface area contributed by atoms with Gasteiger partial charge in [-0.15, -0.1) is 0 Å². The molecule has 9 nitrogen and oxygen atoms in total. The number of carbonyl (C=O) groups is 2. The predicted octanol–water partition coefficient (Wildman–Crippen LogP) is 2.13. The Balaban J connectivity index is 1.55. The lowest BCUT2D eigenvalue weighted by molar-refractivity contribution is -0.138. The molecule has 1 aromatic carbocycles. The van der Waals surface area contributed by atoms with Crippen molar-refractivity contribution < 1.29 is 23.6 Å². The van der Waals surface area contributed by atoms with Crippen LogP contribution in [0.25, 0.3) is 11.3 Å². The number of piperidine rings is 1. The van der Waals surface area contributed by atoms with Gasteiger partial charge in [0, 0.05) is 38.8 Å². The van der Waals surface area contributed by atoms with Gasteiger partial charge in [0.25, 0.3) is 5.91 Å². The molecule has 3 heterocycles. The topological polar surface area (TPSA) is 88.4 Å². The van der Waals surface area contributed by atoms with Gasteiger partial charge in [-0.1, -0.05) is 5.16 Å². The van der Waals surface area contributed by atoms with Crippen molar-refractivity contribution in [3.63, 3.8) is 0 Å². The largest absolute Gasteiger partial charge is 0.497 e. The third kappa shape index (κ3) is 4.43. The summed E-state index contributed by atoms with van der Waals surface area (Å²) >= 11 is 0. The fourth-order valence-corrected chi connectivity index (χ4v) is 4.33. The highest BCUT2D eigenvalue weighted by atomic mass is 16.5. The number of methoxy groups -OCH3 is 2. The molecular weight excluding hydrogens is 412 g/mol. The maximum absolute atomic E-state index is 13.3. The lowest BCUT2D eigenvalue weighted by Crippen LogP contribution is -2.56. The Morgan fingerprint density at radius 2 is 1.81 bits per heavy atom. The Morgan fingerprint density at radius 1 is 1.03 bits per heavy atom. The SMILES string of the molecule is COc1ccc(OC)c(-c2cc(C(=O)N3CCCC[C@@H]3C(=O)N3CCN(C)CC3)no2)c1. The Bertz CT molecular complexity index is 967. The van der Waals surface area contributed by atoms with E-state index in [2.05, 4.69) is 17.1 Å². The van der Waals surface area contributed by atoms with Crippen LogP contribution in [0.15, 0.2) is 28.8 Å². The minimum atomic E-state index is -0.453. The van der Waals surface area contributed by atoms with Crippen molar-refractivity contribution in [1.82, 2.24) is 19.9 Å². The van der Waals surface area contributed by atoms with E-state index in [0.717, 1.165) is 25.9 Å². The van der Waals surface area contributed by atoms with Crippen LogP contribution in [-0.2, 0) is 4.79 Å². The van der Waals surface area contributed by atoms with E-state index in [-0.39, 0.29) is 17.5 Å². The number of likely N-dealkylation sites (N-methyl/N-ethyl adjacent to an activating group) is 1. The average molecular weight is 443 g/mol. The van der Waals surface area contributed by atoms with E-state index < -0.39 is 6.04 Å². The molecule has 172 valence electrons. The molecule has 2 fully saturated rings. The van der Waals surface area contributed by atoms with Crippen molar-refractivity contribution in [2.75, 3.05) is 54.0 Å². The molecule has 0 unspecified atom stereocenters. The molecule has 0 bridgehead atoms. The molecule has 2 saturated heterocycles. The van der Waals surface area contributed by atoms with Crippen molar-refractivity contribution in [1.29, 1.82) is 0 Å². The lowest BCUT2D eigenvalue weighted by atomic mass is 9.99. The highest BCUT2D eigenvalue weighted by Gasteiger charge is 2.37. The molecule has 0 spiro atoms. The summed E-state index contributed by atoms with van der Waals surface area (Å²) in [6.07, 6.45) is 2.47. The second kappa shape index (κ2) is 9.60. The fourth-order valence-electron chi connectivity index (χ4n) is 4.33. The van der Waals surface area contributed by atoms with Gasteiger partial charge in [0.15, 0.2) is 11.5 Å². The molecule has 2 aliphatic rings. The van der Waals surface area contributed by atoms with E-state index in [1.807, 2.05) is 4.90 Å². The van der Waals surface area contributed by atoms with Crippen molar-refractivity contribution in [3.8, 4) is 22.8 Å². The second-order valence-corrected chi connectivity index (χ2v) is 8.28. The van der Waals surface area contributed by atoms with Crippen LogP contribution in [-0.4, -0.2) is 91.7 Å². The summed E-state index contributed by atoms with van der Waals surface area (Å²) in [6, 6.07) is 6.48. The highest BCUT2D eigenvalue weighted by Crippen LogP contribution is 2.34. The first-order valence-electron chi connectivity index (χ1n) is 11.0. The molecule has 0 N–H and O–H groups in total. The summed E-state index contributed by atoms with van der Waals surface area (Å²) in [5, 5.41) is 4.02. The summed E-state index contributed by atoms with van der Waals surface area (Å²) in [7, 11) is 5.20. The summed E-state index contributed by atoms with van der Waals surface area (Å²) in [4.78, 5) is 32.3.